The Bertz CT molecular complexity index is 923. The Morgan fingerprint density at radius 1 is 1.12 bits per heavy atom. The summed E-state index contributed by atoms with van der Waals surface area (Å²) in [4.78, 5) is 23.8. The molecule has 2 aromatic rings. The lowest BCUT2D eigenvalue weighted by atomic mass is 9.81. The first-order valence-corrected chi connectivity index (χ1v) is 12.5. The molecule has 0 unspecified atom stereocenters. The molecular formula is C26H38N4O2. The fraction of sp³-hybridized carbons (Fsp3) is 0.654. The highest BCUT2D eigenvalue weighted by Crippen LogP contribution is 2.37. The highest BCUT2D eigenvalue weighted by molar-refractivity contribution is 6.06. The molecule has 3 fully saturated rings. The van der Waals surface area contributed by atoms with Crippen LogP contribution in [-0.4, -0.2) is 89.7 Å². The van der Waals surface area contributed by atoms with E-state index in [1.54, 1.807) is 0 Å². The molecule has 174 valence electrons. The van der Waals surface area contributed by atoms with Gasteiger partial charge in [-0.3, -0.25) is 9.69 Å². The first kappa shape index (κ1) is 21.9. The molecule has 0 saturated carbocycles. The van der Waals surface area contributed by atoms with E-state index in [2.05, 4.69) is 28.6 Å². The number of carbonyl (C=O) groups excluding carboxylic acids is 1. The zero-order chi connectivity index (χ0) is 22.1. The second kappa shape index (κ2) is 9.16. The number of hydrogen-bond acceptors (Lipinski definition) is 4. The van der Waals surface area contributed by atoms with Gasteiger partial charge in [-0.15, -0.1) is 0 Å². The van der Waals surface area contributed by atoms with E-state index >= 15 is 0 Å². The Morgan fingerprint density at radius 3 is 2.66 bits per heavy atom. The molecule has 6 nitrogen and oxygen atoms in total. The fourth-order valence-electron chi connectivity index (χ4n) is 6.05. The minimum atomic E-state index is -0.0468. The molecule has 1 N–H and O–H groups in total. The predicted octanol–water partition coefficient (Wildman–Crippen LogP) is 3.60. The lowest BCUT2D eigenvalue weighted by Gasteiger charge is -2.49. The van der Waals surface area contributed by atoms with Gasteiger partial charge in [-0.1, -0.05) is 19.9 Å². The van der Waals surface area contributed by atoms with E-state index in [-0.39, 0.29) is 11.5 Å². The Balaban J connectivity index is 1.18. The lowest BCUT2D eigenvalue weighted by Crippen LogP contribution is -2.57. The first-order chi connectivity index (χ1) is 15.5. The van der Waals surface area contributed by atoms with Crippen molar-refractivity contribution in [1.82, 2.24) is 19.7 Å². The Kier molecular flexibility index (Phi) is 6.28. The second-order valence-corrected chi connectivity index (χ2v) is 10.4. The summed E-state index contributed by atoms with van der Waals surface area (Å²) < 4.78 is 6.41. The Labute approximate surface area is 191 Å². The number of aromatic nitrogens is 1. The molecule has 0 bridgehead atoms. The molecule has 4 heterocycles. The molecule has 6 heteroatoms. The SMILES string of the molecule is CC(C)CN1CCN([C@@H]2CCOC3(CCN(C(=O)c4cccc5[nH]ccc45)CC3)C2)CC1. The van der Waals surface area contributed by atoms with E-state index in [4.69, 9.17) is 4.74 Å². The van der Waals surface area contributed by atoms with Gasteiger partial charge in [0.05, 0.1) is 5.60 Å². The molecule has 1 spiro atoms. The Morgan fingerprint density at radius 2 is 1.91 bits per heavy atom. The van der Waals surface area contributed by atoms with Crippen LogP contribution >= 0.6 is 0 Å². The summed E-state index contributed by atoms with van der Waals surface area (Å²) in [6, 6.07) is 8.57. The number of carbonyl (C=O) groups is 1. The number of hydrogen-bond donors (Lipinski definition) is 1. The molecular weight excluding hydrogens is 400 g/mol. The van der Waals surface area contributed by atoms with Crippen molar-refractivity contribution in [3.05, 3.63) is 36.0 Å². The zero-order valence-corrected chi connectivity index (χ0v) is 19.7. The van der Waals surface area contributed by atoms with Crippen LogP contribution in [0.25, 0.3) is 10.9 Å². The van der Waals surface area contributed by atoms with E-state index in [0.29, 0.717) is 6.04 Å². The van der Waals surface area contributed by atoms with Crippen molar-refractivity contribution in [3.8, 4) is 0 Å². The molecule has 3 aliphatic heterocycles. The van der Waals surface area contributed by atoms with Crippen LogP contribution in [0.2, 0.25) is 0 Å². The van der Waals surface area contributed by atoms with Crippen LogP contribution in [0.15, 0.2) is 30.5 Å². The average molecular weight is 439 g/mol. The molecule has 32 heavy (non-hydrogen) atoms. The van der Waals surface area contributed by atoms with Crippen LogP contribution in [0.1, 0.15) is 49.9 Å². The third-order valence-corrected chi connectivity index (χ3v) is 7.80. The summed E-state index contributed by atoms with van der Waals surface area (Å²) in [6.45, 7) is 13.0. The minimum Gasteiger partial charge on any atom is -0.375 e. The van der Waals surface area contributed by atoms with Gasteiger partial charge in [0.1, 0.15) is 0 Å². The van der Waals surface area contributed by atoms with Gasteiger partial charge in [0.2, 0.25) is 0 Å². The number of nitrogens with one attached hydrogen (secondary N) is 1. The molecule has 5 rings (SSSR count). The van der Waals surface area contributed by atoms with Gasteiger partial charge >= 0.3 is 0 Å². The minimum absolute atomic E-state index is 0.0468. The van der Waals surface area contributed by atoms with Crippen LogP contribution in [0.4, 0.5) is 0 Å². The summed E-state index contributed by atoms with van der Waals surface area (Å²) in [5.74, 6) is 0.892. The van der Waals surface area contributed by atoms with Crippen molar-refractivity contribution in [2.75, 3.05) is 52.4 Å². The van der Waals surface area contributed by atoms with Crippen molar-refractivity contribution in [3.63, 3.8) is 0 Å². The lowest BCUT2D eigenvalue weighted by molar-refractivity contribution is -0.132. The zero-order valence-electron chi connectivity index (χ0n) is 19.7. The number of likely N-dealkylation sites (tertiary alicyclic amines) is 1. The van der Waals surface area contributed by atoms with Gasteiger partial charge < -0.3 is 19.5 Å². The number of piperazine rings is 1. The predicted molar refractivity (Wildman–Crippen MR) is 128 cm³/mol. The quantitative estimate of drug-likeness (QED) is 0.793. The van der Waals surface area contributed by atoms with Crippen molar-refractivity contribution in [2.45, 2.75) is 51.2 Å². The number of aromatic amines is 1. The highest BCUT2D eigenvalue weighted by Gasteiger charge is 2.43. The Hall–Kier alpha value is -1.89. The largest absolute Gasteiger partial charge is 0.375 e. The van der Waals surface area contributed by atoms with Gasteiger partial charge in [-0.05, 0) is 49.8 Å². The number of rotatable bonds is 4. The van der Waals surface area contributed by atoms with Gasteiger partial charge in [0.25, 0.3) is 5.91 Å². The van der Waals surface area contributed by atoms with Crippen LogP contribution in [0.3, 0.4) is 0 Å². The topological polar surface area (TPSA) is 51.8 Å². The van der Waals surface area contributed by atoms with E-state index in [9.17, 15) is 4.79 Å². The molecule has 1 aromatic carbocycles. The number of nitrogens with zero attached hydrogens (tertiary/aromatic N) is 3. The van der Waals surface area contributed by atoms with Gasteiger partial charge in [0, 0.05) is 81.1 Å². The number of H-pyrrole nitrogens is 1. The molecule has 0 aliphatic carbocycles. The van der Waals surface area contributed by atoms with E-state index in [1.807, 2.05) is 35.4 Å². The summed E-state index contributed by atoms with van der Waals surface area (Å²) in [6.07, 6.45) is 6.07. The summed E-state index contributed by atoms with van der Waals surface area (Å²) >= 11 is 0. The highest BCUT2D eigenvalue weighted by atomic mass is 16.5. The number of ether oxygens (including phenoxy) is 1. The number of benzene rings is 1. The fourth-order valence-corrected chi connectivity index (χ4v) is 6.05. The summed E-state index contributed by atoms with van der Waals surface area (Å²) in [5, 5.41) is 1.02. The van der Waals surface area contributed by atoms with Gasteiger partial charge in [-0.25, -0.2) is 0 Å². The average Bonchev–Trinajstić information content (AvgIpc) is 3.28. The van der Waals surface area contributed by atoms with Gasteiger partial charge in [0.15, 0.2) is 0 Å². The third kappa shape index (κ3) is 4.45. The normalized spacial score (nSPS) is 25.1. The maximum atomic E-state index is 13.3. The molecule has 3 aliphatic rings. The monoisotopic (exact) mass is 438 g/mol. The van der Waals surface area contributed by atoms with Crippen LogP contribution in [0.5, 0.6) is 0 Å². The van der Waals surface area contributed by atoms with Crippen molar-refractivity contribution in [2.24, 2.45) is 5.92 Å². The van der Waals surface area contributed by atoms with E-state index < -0.39 is 0 Å². The van der Waals surface area contributed by atoms with E-state index in [0.717, 1.165) is 67.8 Å². The standard InChI is InChI=1S/C26H38N4O2/c1-20(2)19-28-13-15-29(16-14-28)21-7-17-32-26(18-21)8-11-30(12-9-26)25(31)23-4-3-5-24-22(23)6-10-27-24/h3-6,10,20-21,27H,7-9,11-19H2,1-2H3/t21-/m1/s1. The smallest absolute Gasteiger partial charge is 0.254 e. The number of fused-ring (bicyclic) bond motifs is 1. The third-order valence-electron chi connectivity index (χ3n) is 7.80. The molecule has 1 aromatic heterocycles. The van der Waals surface area contributed by atoms with Gasteiger partial charge in [-0.2, -0.15) is 0 Å². The first-order valence-electron chi connectivity index (χ1n) is 12.5. The van der Waals surface area contributed by atoms with Crippen molar-refractivity contribution in [1.29, 1.82) is 0 Å². The molecule has 0 radical (unpaired) electrons. The molecule has 1 amide bonds. The second-order valence-electron chi connectivity index (χ2n) is 10.4. The molecule has 1 atom stereocenters. The maximum absolute atomic E-state index is 13.3. The maximum Gasteiger partial charge on any atom is 0.254 e. The van der Waals surface area contributed by atoms with Crippen LogP contribution < -0.4 is 0 Å². The summed E-state index contributed by atoms with van der Waals surface area (Å²) in [7, 11) is 0. The van der Waals surface area contributed by atoms with Crippen LogP contribution in [-0.2, 0) is 4.74 Å². The summed E-state index contributed by atoms with van der Waals surface area (Å²) in [5.41, 5.74) is 1.78. The molecule has 3 saturated heterocycles. The number of piperidine rings is 1. The van der Waals surface area contributed by atoms with Crippen LogP contribution in [0, 0.1) is 5.92 Å². The van der Waals surface area contributed by atoms with Crippen molar-refractivity contribution < 1.29 is 9.53 Å². The number of amides is 1. The van der Waals surface area contributed by atoms with Crippen molar-refractivity contribution >= 4 is 16.8 Å². The van der Waals surface area contributed by atoms with E-state index in [1.165, 1.54) is 32.7 Å².